The molecule has 13 heterocycles. The van der Waals surface area contributed by atoms with Gasteiger partial charge in [-0.1, -0.05) is 238 Å². The molecular formula is C113H93F4N13Pt4. The van der Waals surface area contributed by atoms with E-state index < -0.39 is 23.3 Å². The average Bonchev–Trinajstić information content (AvgIpc) is 1.72. The molecule has 134 heavy (non-hydrogen) atoms. The quantitative estimate of drug-likeness (QED) is 0.0564. The monoisotopic (exact) mass is 2490 g/mol. The number of nitrogens with zero attached hydrogens (tertiary/aromatic N) is 13. The fraction of sp³-hybridized carbons (Fsp3) is 0.159. The fourth-order valence-electron chi connectivity index (χ4n) is 17.2. The Hall–Kier alpha value is -12.5. The number of halogens is 4. The van der Waals surface area contributed by atoms with Crippen LogP contribution in [-0.2, 0) is 143 Å². The maximum Gasteiger partial charge on any atom is 2.00 e. The minimum atomic E-state index is -0.753. The molecule has 0 amide bonds. The number of benzene rings is 6. The zero-order valence-corrected chi connectivity index (χ0v) is 84.7. The van der Waals surface area contributed by atoms with E-state index in [1.807, 2.05) is 79.0 Å². The standard InChI is InChI=1S/C32H37N3.2C29H22N4.C23H12F4N2.4Pt/c1-8-26-23(17-25-14-12-13-15-33-25)16-24(27(26)9-2)18-31-28(10-3)29(11-4)32(35-31)19-30-21(6)20(5)22(7)34-30;1-18-22-11-3-5-13-24(22)32-28(18)26-15-7-9-20(30-26)17-21-10-8-16-27(31-21)29-19(2)23-12-4-6-14-25(23)33-29;1-32-26-15-5-3-9-20(26)17-28(32)24-13-7-11-22(30-24)19-23-12-8-14-25(31-23)29-18-21-10-4-6-16-27(21)33(29)2;24-14-7-9-18(20(26)11-14)22-5-1-3-16(28-22)13-17-4-2-6-23(29-17)19-10-8-15(25)12-21(19)27;;;;/h12-19H,8-11H2,1-7H3;3-16H,17H2,1-2H3;3-16H,19H2,1-2H3;1-8,11-12H,13H2;;;;/q4*-2;4*+2. The number of aliphatic imine (C=N–C) groups is 1. The van der Waals surface area contributed by atoms with Gasteiger partial charge in [0.25, 0.3) is 0 Å². The Labute approximate surface area is 835 Å². The first-order chi connectivity index (χ1) is 63.2. The first-order valence-electron chi connectivity index (χ1n) is 43.8. The summed E-state index contributed by atoms with van der Waals surface area (Å²) in [6.45, 7) is 19.6. The molecule has 0 radical (unpaired) electrons. The zero-order valence-electron chi connectivity index (χ0n) is 75.6. The number of para-hydroxylation sites is 4. The van der Waals surface area contributed by atoms with Gasteiger partial charge in [-0.25, -0.2) is 0 Å². The summed E-state index contributed by atoms with van der Waals surface area (Å²) in [6, 6.07) is 91.9. The Bertz CT molecular complexity index is 7120. The minimum Gasteiger partial charge on any atom is -0.664 e. The van der Waals surface area contributed by atoms with E-state index in [4.69, 9.17) is 39.9 Å². The Morgan fingerprint density at radius 3 is 1.14 bits per heavy atom. The molecule has 21 heteroatoms. The van der Waals surface area contributed by atoms with Crippen LogP contribution in [0.3, 0.4) is 0 Å². The molecular weight excluding hydrogens is 2400 g/mol. The van der Waals surface area contributed by atoms with Gasteiger partial charge in [0.2, 0.25) is 0 Å². The normalized spacial score (nSPS) is 12.2. The van der Waals surface area contributed by atoms with Crippen LogP contribution < -0.4 is 25.4 Å². The molecule has 0 saturated heterocycles. The second-order valence-corrected chi connectivity index (χ2v) is 32.3. The summed E-state index contributed by atoms with van der Waals surface area (Å²) in [6.07, 6.45) is 14.1. The van der Waals surface area contributed by atoms with E-state index in [1.165, 1.54) is 65.7 Å². The summed E-state index contributed by atoms with van der Waals surface area (Å²) in [5.74, 6) is -2.93. The predicted octanol–water partition coefficient (Wildman–Crippen LogP) is 23.6. The number of pyridine rings is 7. The van der Waals surface area contributed by atoms with Gasteiger partial charge in [-0.05, 0) is 164 Å². The zero-order chi connectivity index (χ0) is 90.2. The molecule has 0 saturated carbocycles. The van der Waals surface area contributed by atoms with Crippen molar-refractivity contribution in [2.45, 2.75) is 107 Å². The van der Waals surface area contributed by atoms with Crippen LogP contribution in [0.5, 0.6) is 0 Å². The van der Waals surface area contributed by atoms with Gasteiger partial charge in [0.15, 0.2) is 0 Å². The number of aromatic nitrogens is 12. The van der Waals surface area contributed by atoms with Crippen molar-refractivity contribution in [2.24, 2.45) is 19.1 Å². The predicted molar refractivity (Wildman–Crippen MR) is 515 cm³/mol. The Morgan fingerprint density at radius 1 is 0.381 bits per heavy atom. The van der Waals surface area contributed by atoms with Gasteiger partial charge in [-0.15, -0.1) is 133 Å². The van der Waals surface area contributed by atoms with Gasteiger partial charge in [0.05, 0.1) is 5.70 Å². The molecule has 1 aliphatic heterocycles. The number of fused-ring (bicyclic) bond motifs is 4. The average molecular weight is 2490 g/mol. The van der Waals surface area contributed by atoms with Crippen molar-refractivity contribution >= 4 is 67.6 Å². The molecule has 0 unspecified atom stereocenters. The van der Waals surface area contributed by atoms with Gasteiger partial charge >= 0.3 is 84.3 Å². The van der Waals surface area contributed by atoms with E-state index in [0.717, 1.165) is 180 Å². The van der Waals surface area contributed by atoms with Crippen molar-refractivity contribution in [3.05, 3.63) is 420 Å². The molecule has 1 aliphatic rings. The van der Waals surface area contributed by atoms with E-state index in [0.29, 0.717) is 42.0 Å². The Balaban J connectivity index is 0.000000150. The van der Waals surface area contributed by atoms with Crippen LogP contribution in [0.4, 0.5) is 17.6 Å². The second-order valence-electron chi connectivity index (χ2n) is 32.3. The number of aryl methyl sites for hydroxylation is 4. The summed E-state index contributed by atoms with van der Waals surface area (Å²) in [5, 5.41) is 7.11. The summed E-state index contributed by atoms with van der Waals surface area (Å²) in [7, 11) is 4.13. The van der Waals surface area contributed by atoms with Gasteiger partial charge in [-0.3, -0.25) is 47.5 Å². The SMILES string of the molecule is CCc1c(C=C2N=C(C)C(C)=C2C)[n-]c(C=c2[cH-]c(=Cc3ccccn3)c(CC)c2CC)c1CC.Cc1c(-c2cccc(Cc3cccc(-c4[n-]c5ccccc5c4C)n3)n2)[n-]c2ccccc12.Cn1c(-c2cccc(Cc3cccc(-c4[c-]c5ccccc5n4C)n3)n2)[c-]c2ccccc21.Fc1c[c-]c(-c2cccc(Cc3cccc(-c4[c-]cc(F)cc4F)n3)n2)c(F)c1.[Pt+2].[Pt+2].[Pt+2].[Pt+2]. The molecule has 0 atom stereocenters. The van der Waals surface area contributed by atoms with Crippen molar-refractivity contribution in [1.29, 1.82) is 0 Å². The summed E-state index contributed by atoms with van der Waals surface area (Å²) in [5.41, 5.74) is 33.4. The molecule has 0 bridgehead atoms. The molecule has 19 aromatic rings. The molecule has 20 rings (SSSR count). The largest absolute Gasteiger partial charge is 2.00 e. The van der Waals surface area contributed by atoms with Crippen LogP contribution in [0.25, 0.3) is 130 Å². The van der Waals surface area contributed by atoms with Crippen molar-refractivity contribution in [2.75, 3.05) is 0 Å². The van der Waals surface area contributed by atoms with E-state index >= 15 is 0 Å². The Kier molecular flexibility index (Phi) is 32.9. The van der Waals surface area contributed by atoms with E-state index in [-0.39, 0.29) is 95.4 Å². The molecule has 13 nitrogen and oxygen atoms in total. The van der Waals surface area contributed by atoms with Gasteiger partial charge in [-0.2, -0.15) is 5.69 Å². The molecule has 12 aromatic heterocycles. The van der Waals surface area contributed by atoms with Crippen molar-refractivity contribution in [1.82, 2.24) is 59.0 Å². The van der Waals surface area contributed by atoms with Gasteiger partial charge in [0.1, 0.15) is 0 Å². The van der Waals surface area contributed by atoms with Crippen LogP contribution in [-0.4, -0.2) is 49.7 Å². The third-order valence-electron chi connectivity index (χ3n) is 24.0. The molecule has 0 spiro atoms. The fourth-order valence-corrected chi connectivity index (χ4v) is 17.2. The maximum absolute atomic E-state index is 14.0. The van der Waals surface area contributed by atoms with Gasteiger partial charge in [0, 0.05) is 131 Å². The summed E-state index contributed by atoms with van der Waals surface area (Å²) in [4.78, 5) is 52.7. The molecule has 0 aliphatic carbocycles. The topological polar surface area (TPSA) is 155 Å². The van der Waals surface area contributed by atoms with Crippen molar-refractivity contribution in [3.8, 4) is 68.1 Å². The third kappa shape index (κ3) is 21.8. The molecule has 7 aromatic carbocycles. The van der Waals surface area contributed by atoms with Crippen LogP contribution >= 0.6 is 0 Å². The molecule has 0 fully saturated rings. The number of hydrogen-bond acceptors (Lipinski definition) is 8. The van der Waals surface area contributed by atoms with Crippen LogP contribution in [0.1, 0.15) is 133 Å². The van der Waals surface area contributed by atoms with E-state index in [1.54, 1.807) is 36.4 Å². The summed E-state index contributed by atoms with van der Waals surface area (Å²) < 4.78 is 58.5. The van der Waals surface area contributed by atoms with Gasteiger partial charge < -0.3 is 34.1 Å². The smallest absolute Gasteiger partial charge is 0.664 e. The van der Waals surface area contributed by atoms with E-state index in [9.17, 15) is 17.6 Å². The number of hydrogen-bond donors (Lipinski definition) is 0. The van der Waals surface area contributed by atoms with Crippen LogP contribution in [0.2, 0.25) is 0 Å². The van der Waals surface area contributed by atoms with E-state index in [2.05, 4.69) is 264 Å². The first kappa shape index (κ1) is 99.0. The van der Waals surface area contributed by atoms with Crippen molar-refractivity contribution in [3.63, 3.8) is 0 Å². The summed E-state index contributed by atoms with van der Waals surface area (Å²) >= 11 is 0. The molecule has 0 N–H and O–H groups in total. The number of allylic oxidation sites excluding steroid dienone is 2. The maximum atomic E-state index is 14.0. The number of rotatable bonds is 19. The second kappa shape index (κ2) is 44.6. The van der Waals surface area contributed by atoms with Crippen molar-refractivity contribution < 1.29 is 102 Å². The molecule has 678 valence electrons. The first-order valence-corrected chi connectivity index (χ1v) is 43.8. The van der Waals surface area contributed by atoms with Crippen LogP contribution in [0, 0.1) is 61.4 Å². The minimum absolute atomic E-state index is 0. The third-order valence-corrected chi connectivity index (χ3v) is 24.0. The Morgan fingerprint density at radius 2 is 0.754 bits per heavy atom. The van der Waals surface area contributed by atoms with Crippen LogP contribution in [0.15, 0.2) is 283 Å².